The van der Waals surface area contributed by atoms with Crippen LogP contribution in [0.2, 0.25) is 0 Å². The molecule has 1 N–H and O–H groups in total. The number of benzene rings is 1. The first-order valence-corrected chi connectivity index (χ1v) is 8.10. The number of nitrogens with one attached hydrogen (secondary N) is 1. The van der Waals surface area contributed by atoms with E-state index in [2.05, 4.69) is 20.3 Å². The van der Waals surface area contributed by atoms with E-state index in [0.717, 1.165) is 22.6 Å². The van der Waals surface area contributed by atoms with Gasteiger partial charge in [0.05, 0.1) is 30.4 Å². The van der Waals surface area contributed by atoms with Crippen LogP contribution in [0, 0.1) is 6.92 Å². The van der Waals surface area contributed by atoms with Crippen molar-refractivity contribution in [1.29, 1.82) is 0 Å². The first-order chi connectivity index (χ1) is 12.2. The molecule has 0 aliphatic carbocycles. The molecule has 25 heavy (non-hydrogen) atoms. The third-order valence-electron chi connectivity index (χ3n) is 3.83. The van der Waals surface area contributed by atoms with E-state index in [-0.39, 0.29) is 6.61 Å². The van der Waals surface area contributed by atoms with Crippen molar-refractivity contribution in [1.82, 2.24) is 15.3 Å². The summed E-state index contributed by atoms with van der Waals surface area (Å²) in [4.78, 5) is 24.8. The van der Waals surface area contributed by atoms with Gasteiger partial charge in [-0.15, -0.1) is 0 Å². The summed E-state index contributed by atoms with van der Waals surface area (Å²) in [5, 5.41) is 2.68. The number of carbonyl (C=O) groups excluding carboxylic acids is 1. The average Bonchev–Trinajstić information content (AvgIpc) is 2.62. The summed E-state index contributed by atoms with van der Waals surface area (Å²) in [6, 6.07) is 5.88. The molecule has 0 fully saturated rings. The maximum Gasteiger partial charge on any atom is 0.407 e. The highest BCUT2D eigenvalue weighted by molar-refractivity contribution is 6.12. The molecule has 0 saturated carbocycles. The van der Waals surface area contributed by atoms with E-state index in [9.17, 15) is 4.79 Å². The SMILES string of the molecule is C/N=C1/c2cncc(n2)COC(=O)NCCCOc2ccc(C)c1c2. The Morgan fingerprint density at radius 3 is 2.96 bits per heavy atom. The number of nitrogens with zero attached hydrogens (tertiary/aromatic N) is 3. The number of alkyl carbamates (subject to hydrolysis) is 1. The first-order valence-electron chi connectivity index (χ1n) is 8.10. The third-order valence-corrected chi connectivity index (χ3v) is 3.83. The van der Waals surface area contributed by atoms with E-state index >= 15 is 0 Å². The zero-order valence-electron chi connectivity index (χ0n) is 14.3. The Kier molecular flexibility index (Phi) is 5.23. The number of rotatable bonds is 0. The van der Waals surface area contributed by atoms with Gasteiger partial charge >= 0.3 is 6.09 Å². The molecule has 1 aromatic carbocycles. The molecule has 2 aromatic rings. The number of amides is 1. The van der Waals surface area contributed by atoms with Crippen LogP contribution in [0.3, 0.4) is 0 Å². The fourth-order valence-electron chi connectivity index (χ4n) is 2.55. The Balaban J connectivity index is 2.02. The van der Waals surface area contributed by atoms with E-state index < -0.39 is 6.09 Å². The maximum atomic E-state index is 11.7. The summed E-state index contributed by atoms with van der Waals surface area (Å²) >= 11 is 0. The second-order valence-electron chi connectivity index (χ2n) is 5.65. The molecule has 4 bridgehead atoms. The average molecular weight is 340 g/mol. The van der Waals surface area contributed by atoms with Crippen molar-refractivity contribution in [3.8, 4) is 5.75 Å². The quantitative estimate of drug-likeness (QED) is 0.795. The van der Waals surface area contributed by atoms with Crippen molar-refractivity contribution in [2.45, 2.75) is 20.0 Å². The van der Waals surface area contributed by atoms with E-state index in [1.165, 1.54) is 0 Å². The second kappa shape index (κ2) is 7.74. The highest BCUT2D eigenvalue weighted by Gasteiger charge is 2.14. The Morgan fingerprint density at radius 2 is 2.12 bits per heavy atom. The van der Waals surface area contributed by atoms with Crippen LogP contribution in [-0.2, 0) is 11.3 Å². The number of aryl methyl sites for hydroxylation is 1. The summed E-state index contributed by atoms with van der Waals surface area (Å²) < 4.78 is 10.9. The summed E-state index contributed by atoms with van der Waals surface area (Å²) in [6.07, 6.45) is 3.43. The highest BCUT2D eigenvalue weighted by Crippen LogP contribution is 2.21. The zero-order chi connectivity index (χ0) is 17.6. The van der Waals surface area contributed by atoms with Crippen molar-refractivity contribution < 1.29 is 14.3 Å². The second-order valence-corrected chi connectivity index (χ2v) is 5.65. The van der Waals surface area contributed by atoms with Gasteiger partial charge in [0.2, 0.25) is 0 Å². The van der Waals surface area contributed by atoms with Crippen molar-refractivity contribution in [2.75, 3.05) is 20.2 Å². The number of aromatic nitrogens is 2. The lowest BCUT2D eigenvalue weighted by Crippen LogP contribution is -2.26. The molecule has 0 spiro atoms. The Morgan fingerprint density at radius 1 is 1.24 bits per heavy atom. The number of aliphatic imine (C=N–C) groups is 1. The topological polar surface area (TPSA) is 85.7 Å². The Labute approximate surface area is 146 Å². The minimum absolute atomic E-state index is 0.0548. The van der Waals surface area contributed by atoms with E-state index in [1.807, 2.05) is 25.1 Å². The van der Waals surface area contributed by atoms with Gasteiger partial charge in [0.1, 0.15) is 18.1 Å². The summed E-state index contributed by atoms with van der Waals surface area (Å²) in [6.45, 7) is 3.04. The molecule has 3 rings (SSSR count). The van der Waals surface area contributed by atoms with Gasteiger partial charge in [-0.05, 0) is 31.0 Å². The van der Waals surface area contributed by atoms with Crippen molar-refractivity contribution in [2.24, 2.45) is 4.99 Å². The molecule has 130 valence electrons. The molecule has 7 heteroatoms. The number of fused-ring (bicyclic) bond motifs is 4. The molecule has 0 radical (unpaired) electrons. The lowest BCUT2D eigenvalue weighted by Gasteiger charge is -2.12. The van der Waals surface area contributed by atoms with Crippen LogP contribution in [0.4, 0.5) is 4.79 Å². The van der Waals surface area contributed by atoms with Crippen molar-refractivity contribution in [3.05, 3.63) is 53.1 Å². The van der Waals surface area contributed by atoms with Gasteiger partial charge in [-0.2, -0.15) is 0 Å². The van der Waals surface area contributed by atoms with Crippen LogP contribution in [0.5, 0.6) is 5.75 Å². The Hall–Kier alpha value is -2.96. The van der Waals surface area contributed by atoms with Crippen molar-refractivity contribution >= 4 is 11.8 Å². The first kappa shape index (κ1) is 16.9. The van der Waals surface area contributed by atoms with Crippen LogP contribution in [0.15, 0.2) is 35.6 Å². The molecule has 1 aliphatic heterocycles. The van der Waals surface area contributed by atoms with Crippen LogP contribution in [-0.4, -0.2) is 42.0 Å². The van der Waals surface area contributed by atoms with Gasteiger partial charge < -0.3 is 14.8 Å². The van der Waals surface area contributed by atoms with Gasteiger partial charge in [0, 0.05) is 19.2 Å². The Bertz CT molecular complexity index is 805. The molecule has 0 saturated heterocycles. The number of hydrogen-bond acceptors (Lipinski definition) is 6. The fraction of sp³-hybridized carbons (Fsp3) is 0.333. The molecular weight excluding hydrogens is 320 g/mol. The van der Waals surface area contributed by atoms with Gasteiger partial charge in [0.25, 0.3) is 0 Å². The van der Waals surface area contributed by atoms with Crippen molar-refractivity contribution in [3.63, 3.8) is 0 Å². The summed E-state index contributed by atoms with van der Waals surface area (Å²) in [5.41, 5.74) is 3.92. The van der Waals surface area contributed by atoms with Crippen LogP contribution in [0.25, 0.3) is 0 Å². The van der Waals surface area contributed by atoms with Gasteiger partial charge in [-0.1, -0.05) is 6.07 Å². The lowest BCUT2D eigenvalue weighted by molar-refractivity contribution is 0.137. The maximum absolute atomic E-state index is 11.7. The predicted molar refractivity (Wildman–Crippen MR) is 93.1 cm³/mol. The molecule has 1 amide bonds. The largest absolute Gasteiger partial charge is 0.494 e. The molecular formula is C18H20N4O3. The smallest absolute Gasteiger partial charge is 0.407 e. The predicted octanol–water partition coefficient (Wildman–Crippen LogP) is 2.26. The van der Waals surface area contributed by atoms with E-state index in [4.69, 9.17) is 9.47 Å². The number of hydrogen-bond donors (Lipinski definition) is 1. The zero-order valence-corrected chi connectivity index (χ0v) is 14.3. The monoisotopic (exact) mass is 340 g/mol. The number of ether oxygens (including phenoxy) is 2. The normalized spacial score (nSPS) is 16.9. The molecule has 0 atom stereocenters. The molecule has 2 heterocycles. The fourth-order valence-corrected chi connectivity index (χ4v) is 2.55. The van der Waals surface area contributed by atoms with Crippen LogP contribution < -0.4 is 10.1 Å². The summed E-state index contributed by atoms with van der Waals surface area (Å²) in [5.74, 6) is 0.753. The third kappa shape index (κ3) is 4.12. The van der Waals surface area contributed by atoms with Gasteiger partial charge in [0.15, 0.2) is 0 Å². The van der Waals surface area contributed by atoms with E-state index in [1.54, 1.807) is 19.4 Å². The minimum atomic E-state index is -0.483. The standard InChI is InChI=1S/C18H20N4O3/c1-12-4-5-14-8-15(12)17(19-2)16-10-20-9-13(22-16)11-25-18(23)21-6-3-7-24-14/h4-5,8-10H,3,6-7,11H2,1-2H3,(H,21,23)/b19-17+. The lowest BCUT2D eigenvalue weighted by atomic mass is 10.0. The number of cyclic esters (lactones) is 1. The van der Waals surface area contributed by atoms with Gasteiger partial charge in [-0.3, -0.25) is 9.98 Å². The highest BCUT2D eigenvalue weighted by atomic mass is 16.5. The van der Waals surface area contributed by atoms with E-state index in [0.29, 0.717) is 31.0 Å². The molecule has 7 nitrogen and oxygen atoms in total. The minimum Gasteiger partial charge on any atom is -0.494 e. The number of carbonyl (C=O) groups is 1. The molecule has 0 unspecified atom stereocenters. The molecule has 1 aromatic heterocycles. The van der Waals surface area contributed by atoms with Gasteiger partial charge in [-0.25, -0.2) is 9.78 Å². The summed E-state index contributed by atoms with van der Waals surface area (Å²) in [7, 11) is 1.72. The van der Waals surface area contributed by atoms with Crippen LogP contribution >= 0.6 is 0 Å². The molecule has 1 aliphatic rings. The van der Waals surface area contributed by atoms with Crippen LogP contribution in [0.1, 0.15) is 28.9 Å².